The number of allylic oxidation sites excluding steroid dienone is 1. The van der Waals surface area contributed by atoms with Crippen molar-refractivity contribution < 1.29 is 0 Å². The van der Waals surface area contributed by atoms with Crippen LogP contribution < -0.4 is 5.73 Å². The Hall–Kier alpha value is -0.210. The van der Waals surface area contributed by atoms with Crippen molar-refractivity contribution in [2.45, 2.75) is 32.1 Å². The second kappa shape index (κ2) is 3.67. The second-order valence-electron chi connectivity index (χ2n) is 5.17. The summed E-state index contributed by atoms with van der Waals surface area (Å²) >= 11 is 1.83. The van der Waals surface area contributed by atoms with Gasteiger partial charge in [-0.05, 0) is 48.7 Å². The molecule has 0 saturated heterocycles. The van der Waals surface area contributed by atoms with E-state index in [1.807, 2.05) is 11.8 Å². The minimum absolute atomic E-state index is 0.368. The molecule has 0 aromatic rings. The third-order valence-electron chi connectivity index (χ3n) is 4.68. The summed E-state index contributed by atoms with van der Waals surface area (Å²) in [5.74, 6) is 0. The van der Waals surface area contributed by atoms with Crippen LogP contribution >= 0.6 is 11.8 Å². The van der Waals surface area contributed by atoms with Gasteiger partial charge < -0.3 is 5.73 Å². The molecule has 0 radical (unpaired) electrons. The fraction of sp³-hybridized carbons (Fsp3) is 0.692. The van der Waals surface area contributed by atoms with Gasteiger partial charge in [-0.1, -0.05) is 18.7 Å². The molecule has 1 nitrogen and oxygen atoms in total. The minimum atomic E-state index is 0.368. The molecule has 2 aliphatic carbocycles. The van der Waals surface area contributed by atoms with Gasteiger partial charge in [0.25, 0.3) is 0 Å². The van der Waals surface area contributed by atoms with Gasteiger partial charge in [-0.25, -0.2) is 0 Å². The molecule has 0 atom stereocenters. The molecule has 0 aromatic carbocycles. The van der Waals surface area contributed by atoms with Crippen LogP contribution in [0.15, 0.2) is 23.6 Å². The highest BCUT2D eigenvalue weighted by molar-refractivity contribution is 8.02. The first-order chi connectivity index (χ1) is 7.08. The van der Waals surface area contributed by atoms with E-state index in [2.05, 4.69) is 19.4 Å². The van der Waals surface area contributed by atoms with Crippen LogP contribution in [0.5, 0.6) is 0 Å². The van der Waals surface area contributed by atoms with Crippen molar-refractivity contribution in [3.63, 3.8) is 0 Å². The maximum Gasteiger partial charge on any atom is 0.0139 e. The normalized spacial score (nSPS) is 38.3. The monoisotopic (exact) mass is 223 g/mol. The molecule has 2 N–H and O–H groups in total. The van der Waals surface area contributed by atoms with Gasteiger partial charge in [0, 0.05) is 12.0 Å². The highest BCUT2D eigenvalue weighted by Crippen LogP contribution is 2.67. The van der Waals surface area contributed by atoms with Gasteiger partial charge in [0.15, 0.2) is 0 Å². The number of nitrogens with two attached hydrogens (primary N) is 1. The summed E-state index contributed by atoms with van der Waals surface area (Å²) < 4.78 is 0. The molecule has 0 spiro atoms. The Morgan fingerprint density at radius 2 is 1.73 bits per heavy atom. The van der Waals surface area contributed by atoms with Crippen LogP contribution in [0.25, 0.3) is 0 Å². The van der Waals surface area contributed by atoms with E-state index in [0.717, 1.165) is 0 Å². The van der Waals surface area contributed by atoms with Gasteiger partial charge in [0.1, 0.15) is 0 Å². The Kier molecular flexibility index (Phi) is 2.76. The Morgan fingerprint density at radius 1 is 1.20 bits per heavy atom. The lowest BCUT2D eigenvalue weighted by Crippen LogP contribution is -2.22. The third kappa shape index (κ3) is 1.50. The average Bonchev–Trinajstić information content (AvgIpc) is 2.85. The molecule has 0 aliphatic heterocycles. The van der Waals surface area contributed by atoms with Crippen LogP contribution in [0, 0.1) is 10.8 Å². The van der Waals surface area contributed by atoms with E-state index in [9.17, 15) is 0 Å². The smallest absolute Gasteiger partial charge is 0.0139 e. The molecule has 2 aliphatic rings. The Morgan fingerprint density at radius 3 is 2.20 bits per heavy atom. The molecule has 0 aromatic heterocycles. The van der Waals surface area contributed by atoms with E-state index in [1.165, 1.54) is 42.6 Å². The Bertz CT molecular complexity index is 268. The fourth-order valence-corrected chi connectivity index (χ4v) is 4.21. The predicted molar refractivity (Wildman–Crippen MR) is 68.8 cm³/mol. The summed E-state index contributed by atoms with van der Waals surface area (Å²) in [5, 5.41) is 0. The van der Waals surface area contributed by atoms with Crippen molar-refractivity contribution in [2.24, 2.45) is 16.6 Å². The zero-order chi connectivity index (χ0) is 11.1. The maximum absolute atomic E-state index is 5.76. The van der Waals surface area contributed by atoms with Crippen molar-refractivity contribution >= 4 is 11.8 Å². The molecule has 0 amide bonds. The Balaban J connectivity index is 2.21. The number of fused-ring (bicyclic) bond motifs is 2. The number of hydrogen-bond donors (Lipinski definition) is 1. The van der Waals surface area contributed by atoms with Crippen molar-refractivity contribution in [1.29, 1.82) is 0 Å². The van der Waals surface area contributed by atoms with Crippen LogP contribution in [0.1, 0.15) is 32.1 Å². The molecule has 2 bridgehead atoms. The molecule has 2 heteroatoms. The van der Waals surface area contributed by atoms with Crippen LogP contribution in [-0.4, -0.2) is 12.8 Å². The summed E-state index contributed by atoms with van der Waals surface area (Å²) in [6, 6.07) is 0. The Labute approximate surface area is 97.2 Å². The van der Waals surface area contributed by atoms with Crippen LogP contribution in [0.4, 0.5) is 0 Å². The molecule has 0 unspecified atom stereocenters. The van der Waals surface area contributed by atoms with E-state index < -0.39 is 0 Å². The summed E-state index contributed by atoms with van der Waals surface area (Å²) in [5.41, 5.74) is 7.81. The van der Waals surface area contributed by atoms with Crippen LogP contribution in [0.3, 0.4) is 0 Å². The molecule has 2 fully saturated rings. The fourth-order valence-electron chi connectivity index (χ4n) is 3.50. The van der Waals surface area contributed by atoms with Crippen LogP contribution in [-0.2, 0) is 0 Å². The second-order valence-corrected chi connectivity index (χ2v) is 6.07. The first-order valence-corrected chi connectivity index (χ1v) is 6.93. The highest BCUT2D eigenvalue weighted by Gasteiger charge is 2.55. The number of hydrogen-bond acceptors (Lipinski definition) is 2. The van der Waals surface area contributed by atoms with E-state index in [4.69, 9.17) is 5.73 Å². The first kappa shape index (κ1) is 11.3. The van der Waals surface area contributed by atoms with E-state index in [0.29, 0.717) is 17.4 Å². The quantitative estimate of drug-likeness (QED) is 0.740. The minimum Gasteiger partial charge on any atom is -0.327 e. The maximum atomic E-state index is 5.76. The van der Waals surface area contributed by atoms with E-state index in [-0.39, 0.29) is 0 Å². The summed E-state index contributed by atoms with van der Waals surface area (Å²) in [6.07, 6.45) is 8.56. The van der Waals surface area contributed by atoms with Gasteiger partial charge >= 0.3 is 0 Å². The molecular formula is C13H21NS. The zero-order valence-electron chi connectivity index (χ0n) is 9.64. The first-order valence-electron chi connectivity index (χ1n) is 5.70. The van der Waals surface area contributed by atoms with Gasteiger partial charge in [0.2, 0.25) is 0 Å². The van der Waals surface area contributed by atoms with Gasteiger partial charge in [-0.3, -0.25) is 0 Å². The lowest BCUT2D eigenvalue weighted by atomic mass is 9.77. The predicted octanol–water partition coefficient (Wildman–Crippen LogP) is 3.33. The van der Waals surface area contributed by atoms with Crippen molar-refractivity contribution in [2.75, 3.05) is 12.8 Å². The summed E-state index contributed by atoms with van der Waals surface area (Å²) in [6.45, 7) is 9.08. The largest absolute Gasteiger partial charge is 0.327 e. The van der Waals surface area contributed by atoms with E-state index >= 15 is 0 Å². The van der Waals surface area contributed by atoms with Crippen molar-refractivity contribution in [1.82, 2.24) is 0 Å². The SMILES string of the molecule is C=C(CN)C12CCC(C(=C)SC)(CC1)C2. The highest BCUT2D eigenvalue weighted by atomic mass is 32.2. The van der Waals surface area contributed by atoms with Crippen molar-refractivity contribution in [3.05, 3.63) is 23.6 Å². The molecule has 84 valence electrons. The van der Waals surface area contributed by atoms with E-state index in [1.54, 1.807) is 0 Å². The lowest BCUT2D eigenvalue weighted by molar-refractivity contribution is 0.339. The van der Waals surface area contributed by atoms with Crippen molar-refractivity contribution in [3.8, 4) is 0 Å². The molecular weight excluding hydrogens is 202 g/mol. The standard InChI is InChI=1S/C13H21NS/c1-10(8-14)12-4-6-13(9-12,7-5-12)11(2)15-3/h1-2,4-9,14H2,3H3. The van der Waals surface area contributed by atoms with Gasteiger partial charge in [-0.2, -0.15) is 0 Å². The topological polar surface area (TPSA) is 26.0 Å². The summed E-state index contributed by atoms with van der Waals surface area (Å²) in [4.78, 5) is 1.38. The van der Waals surface area contributed by atoms with Gasteiger partial charge in [-0.15, -0.1) is 11.8 Å². The lowest BCUT2D eigenvalue weighted by Gasteiger charge is -2.29. The molecule has 15 heavy (non-hydrogen) atoms. The number of rotatable bonds is 4. The van der Waals surface area contributed by atoms with Gasteiger partial charge in [0.05, 0.1) is 0 Å². The molecule has 2 rings (SSSR count). The zero-order valence-corrected chi connectivity index (χ0v) is 10.5. The number of thioether (sulfide) groups is 1. The van der Waals surface area contributed by atoms with Crippen LogP contribution in [0.2, 0.25) is 0 Å². The third-order valence-corrected chi connectivity index (χ3v) is 5.60. The molecule has 0 heterocycles. The average molecular weight is 223 g/mol. The summed E-state index contributed by atoms with van der Waals surface area (Å²) in [7, 11) is 0. The molecule has 2 saturated carbocycles.